The standard InChI is InChI=1S/C34H29N3OS2/c1-23-21-25(22-27(38-23)18-15-24-13-16-26(17-14-24)37-19-7-2-8-20-37)32(33-35-28-9-3-5-11-30(28)39-33)34-36-29-10-4-6-12-31(29)40-34/h3-6,9-18,21-22H,2,7-8,19-20H2,1H3/b18-15+. The largest absolute Gasteiger partial charge is 0.462 e. The van der Waals surface area contributed by atoms with E-state index in [1.807, 2.05) is 19.1 Å². The van der Waals surface area contributed by atoms with Gasteiger partial charge in [-0.1, -0.05) is 42.5 Å². The predicted octanol–water partition coefficient (Wildman–Crippen LogP) is 9.23. The summed E-state index contributed by atoms with van der Waals surface area (Å²) in [4.78, 5) is 12.5. The Bertz CT molecular complexity index is 1670. The second kappa shape index (κ2) is 10.9. The molecule has 40 heavy (non-hydrogen) atoms. The highest BCUT2D eigenvalue weighted by molar-refractivity contribution is 7.22. The van der Waals surface area contributed by atoms with Crippen molar-refractivity contribution in [1.82, 2.24) is 9.97 Å². The van der Waals surface area contributed by atoms with Crippen molar-refractivity contribution in [2.24, 2.45) is 0 Å². The maximum Gasteiger partial charge on any atom is 0.128 e. The van der Waals surface area contributed by atoms with Gasteiger partial charge in [0, 0.05) is 18.8 Å². The third-order valence-electron chi connectivity index (χ3n) is 7.29. The van der Waals surface area contributed by atoms with E-state index in [1.165, 1.54) is 34.3 Å². The Hall–Kier alpha value is -4.00. The number of rotatable bonds is 5. The molecule has 7 rings (SSSR count). The third kappa shape index (κ3) is 5.12. The van der Waals surface area contributed by atoms with Crippen LogP contribution >= 0.6 is 22.7 Å². The highest BCUT2D eigenvalue weighted by Crippen LogP contribution is 2.39. The van der Waals surface area contributed by atoms with Crippen molar-refractivity contribution in [3.05, 3.63) is 124 Å². The maximum absolute atomic E-state index is 6.16. The van der Waals surface area contributed by atoms with E-state index in [2.05, 4.69) is 89.9 Å². The van der Waals surface area contributed by atoms with Crippen molar-refractivity contribution in [1.29, 1.82) is 0 Å². The highest BCUT2D eigenvalue weighted by atomic mass is 32.1. The average molecular weight is 560 g/mol. The lowest BCUT2D eigenvalue weighted by molar-refractivity contribution is 0.318. The average Bonchev–Trinajstić information content (AvgIpc) is 3.61. The normalized spacial score (nSPS) is 15.9. The third-order valence-corrected chi connectivity index (χ3v) is 9.40. The number of ether oxygens (including phenoxy) is 1. The van der Waals surface area contributed by atoms with E-state index in [9.17, 15) is 0 Å². The predicted molar refractivity (Wildman–Crippen MR) is 170 cm³/mol. The van der Waals surface area contributed by atoms with Crippen molar-refractivity contribution >= 4 is 60.4 Å². The molecule has 3 aromatic carbocycles. The monoisotopic (exact) mass is 559 g/mol. The van der Waals surface area contributed by atoms with Crippen LogP contribution in [0.15, 0.2) is 108 Å². The number of allylic oxidation sites excluding steroid dienone is 5. The molecule has 4 nitrogen and oxygen atoms in total. The number of para-hydroxylation sites is 2. The van der Waals surface area contributed by atoms with Crippen molar-refractivity contribution in [3.8, 4) is 0 Å². The molecular weight excluding hydrogens is 531 g/mol. The first kappa shape index (κ1) is 25.0. The van der Waals surface area contributed by atoms with Crippen LogP contribution in [0.4, 0.5) is 5.69 Å². The lowest BCUT2D eigenvalue weighted by Gasteiger charge is -2.28. The minimum absolute atomic E-state index is 0.801. The fourth-order valence-corrected chi connectivity index (χ4v) is 7.44. The molecule has 0 spiro atoms. The molecule has 2 aliphatic rings. The highest BCUT2D eigenvalue weighted by Gasteiger charge is 2.21. The molecule has 0 atom stereocenters. The lowest BCUT2D eigenvalue weighted by Crippen LogP contribution is -2.29. The first-order valence-electron chi connectivity index (χ1n) is 13.8. The van der Waals surface area contributed by atoms with Gasteiger partial charge in [-0.25, -0.2) is 9.97 Å². The molecule has 1 fully saturated rings. The first-order chi connectivity index (χ1) is 19.7. The topological polar surface area (TPSA) is 38.2 Å². The van der Waals surface area contributed by atoms with Gasteiger partial charge < -0.3 is 9.64 Å². The summed E-state index contributed by atoms with van der Waals surface area (Å²) in [6, 6.07) is 25.5. The van der Waals surface area contributed by atoms with Gasteiger partial charge in [-0.05, 0) is 91.9 Å². The zero-order chi connectivity index (χ0) is 26.9. The molecule has 5 aromatic rings. The number of anilines is 1. The molecule has 0 radical (unpaired) electrons. The molecule has 6 heteroatoms. The van der Waals surface area contributed by atoms with Crippen molar-refractivity contribution in [3.63, 3.8) is 0 Å². The number of piperidine rings is 1. The molecule has 198 valence electrons. The summed E-state index contributed by atoms with van der Waals surface area (Å²) in [5.74, 6) is 1.65. The number of aromatic nitrogens is 2. The van der Waals surface area contributed by atoms with Crippen molar-refractivity contribution in [2.75, 3.05) is 18.0 Å². The molecule has 2 aliphatic heterocycles. The van der Waals surface area contributed by atoms with Gasteiger partial charge in [0.2, 0.25) is 0 Å². The SMILES string of the molecule is CC1=CC(=C(c2nc3ccccc3s2)c2nc3ccccc3s2)C=C(/C=C/c2ccc(N3CCCCC3)cc2)O1. The Labute approximate surface area is 242 Å². The van der Waals surface area contributed by atoms with Gasteiger partial charge in [0.15, 0.2) is 0 Å². The lowest BCUT2D eigenvalue weighted by atomic mass is 10.0. The Balaban J connectivity index is 1.27. The molecule has 0 aliphatic carbocycles. The molecular formula is C34H29N3OS2. The molecule has 4 heterocycles. The number of hydrogen-bond acceptors (Lipinski definition) is 6. The van der Waals surface area contributed by atoms with E-state index in [-0.39, 0.29) is 0 Å². The van der Waals surface area contributed by atoms with E-state index in [1.54, 1.807) is 22.7 Å². The second-order valence-electron chi connectivity index (χ2n) is 10.2. The fourth-order valence-electron chi connectivity index (χ4n) is 5.31. The summed E-state index contributed by atoms with van der Waals surface area (Å²) in [7, 11) is 0. The Morgan fingerprint density at radius 2 is 1.38 bits per heavy atom. The number of benzene rings is 3. The van der Waals surface area contributed by atoms with Gasteiger partial charge in [-0.15, -0.1) is 22.7 Å². The van der Waals surface area contributed by atoms with Crippen molar-refractivity contribution < 1.29 is 4.74 Å². The van der Waals surface area contributed by atoms with Crippen LogP contribution in [0.2, 0.25) is 0 Å². The van der Waals surface area contributed by atoms with Crippen LogP contribution in [0, 0.1) is 0 Å². The fraction of sp³-hybridized carbons (Fsp3) is 0.176. The summed E-state index contributed by atoms with van der Waals surface area (Å²) in [5, 5.41) is 1.93. The molecule has 0 bridgehead atoms. The van der Waals surface area contributed by atoms with Crippen LogP contribution in [-0.2, 0) is 4.74 Å². The van der Waals surface area contributed by atoms with Gasteiger partial charge in [0.05, 0.1) is 26.0 Å². The summed E-state index contributed by atoms with van der Waals surface area (Å²) in [6.07, 6.45) is 12.3. The van der Waals surface area contributed by atoms with Gasteiger partial charge in [0.25, 0.3) is 0 Å². The van der Waals surface area contributed by atoms with E-state index in [0.717, 1.165) is 62.4 Å². The molecule has 0 N–H and O–H groups in total. The van der Waals surface area contributed by atoms with Crippen LogP contribution in [0.3, 0.4) is 0 Å². The quantitative estimate of drug-likeness (QED) is 0.215. The molecule has 0 unspecified atom stereocenters. The summed E-state index contributed by atoms with van der Waals surface area (Å²) >= 11 is 3.41. The molecule has 0 amide bonds. The smallest absolute Gasteiger partial charge is 0.128 e. The summed E-state index contributed by atoms with van der Waals surface area (Å²) < 4.78 is 8.49. The molecule has 0 saturated carbocycles. The minimum atomic E-state index is 0.801. The van der Waals surface area contributed by atoms with E-state index < -0.39 is 0 Å². The molecule has 1 saturated heterocycles. The zero-order valence-corrected chi connectivity index (χ0v) is 24.0. The summed E-state index contributed by atoms with van der Waals surface area (Å²) in [6.45, 7) is 4.31. The van der Waals surface area contributed by atoms with E-state index in [4.69, 9.17) is 14.7 Å². The zero-order valence-electron chi connectivity index (χ0n) is 22.3. The molecule has 2 aromatic heterocycles. The van der Waals surface area contributed by atoms with Gasteiger partial charge >= 0.3 is 0 Å². The number of hydrogen-bond donors (Lipinski definition) is 0. The Morgan fingerprint density at radius 1 is 0.750 bits per heavy atom. The maximum atomic E-state index is 6.16. The minimum Gasteiger partial charge on any atom is -0.462 e. The van der Waals surface area contributed by atoms with E-state index in [0.29, 0.717) is 0 Å². The van der Waals surface area contributed by atoms with Crippen LogP contribution < -0.4 is 4.90 Å². The van der Waals surface area contributed by atoms with Crippen LogP contribution in [0.1, 0.15) is 41.8 Å². The van der Waals surface area contributed by atoms with Gasteiger partial charge in [-0.2, -0.15) is 0 Å². The van der Waals surface area contributed by atoms with Gasteiger partial charge in [0.1, 0.15) is 21.5 Å². The Kier molecular flexibility index (Phi) is 6.80. The number of thiazole rings is 2. The van der Waals surface area contributed by atoms with E-state index >= 15 is 0 Å². The van der Waals surface area contributed by atoms with Crippen molar-refractivity contribution in [2.45, 2.75) is 26.2 Å². The number of fused-ring (bicyclic) bond motifs is 2. The summed E-state index contributed by atoms with van der Waals surface area (Å²) in [5.41, 5.74) is 6.58. The number of nitrogens with zero attached hydrogens (tertiary/aromatic N) is 3. The second-order valence-corrected chi connectivity index (χ2v) is 12.2. The van der Waals surface area contributed by atoms with Gasteiger partial charge in [-0.3, -0.25) is 0 Å². The van der Waals surface area contributed by atoms with Crippen LogP contribution in [0.25, 0.3) is 32.1 Å². The van der Waals surface area contributed by atoms with Crippen LogP contribution in [0.5, 0.6) is 0 Å². The van der Waals surface area contributed by atoms with Crippen LogP contribution in [-0.4, -0.2) is 23.1 Å². The Morgan fingerprint density at radius 3 is 2.00 bits per heavy atom. The first-order valence-corrected chi connectivity index (χ1v) is 15.4.